The van der Waals surface area contributed by atoms with Crippen LogP contribution in [-0.4, -0.2) is 16.6 Å². The lowest BCUT2D eigenvalue weighted by Crippen LogP contribution is -2.27. The molecule has 0 radical (unpaired) electrons. The van der Waals surface area contributed by atoms with Crippen LogP contribution in [0.1, 0.15) is 15.9 Å². The zero-order chi connectivity index (χ0) is 15.0. The first kappa shape index (κ1) is 13.2. The molecule has 1 aromatic carbocycles. The van der Waals surface area contributed by atoms with Crippen LogP contribution in [0.2, 0.25) is 0 Å². The molecule has 0 amide bonds. The van der Waals surface area contributed by atoms with Crippen LogP contribution in [0.15, 0.2) is 53.5 Å². The van der Waals surface area contributed by atoms with Crippen molar-refractivity contribution >= 4 is 22.5 Å². The Morgan fingerprint density at radius 2 is 2.00 bits per heavy atom. The Morgan fingerprint density at radius 3 is 2.76 bits per heavy atom. The number of benzene rings is 1. The Bertz CT molecular complexity index is 871. The number of pyridine rings is 1. The number of hydrogen-bond acceptors (Lipinski definition) is 3. The third-order valence-corrected chi connectivity index (χ3v) is 3.57. The molecule has 1 N–H and O–H groups in total. The van der Waals surface area contributed by atoms with Crippen LogP contribution in [0.4, 0.5) is 0 Å². The summed E-state index contributed by atoms with van der Waals surface area (Å²) >= 11 is 0. The lowest BCUT2D eigenvalue weighted by molar-refractivity contribution is -0.115. The maximum atomic E-state index is 12.4. The van der Waals surface area contributed by atoms with Crippen molar-refractivity contribution in [2.75, 3.05) is 0 Å². The second-order valence-electron chi connectivity index (χ2n) is 5.07. The van der Waals surface area contributed by atoms with Gasteiger partial charge in [0.25, 0.3) is 0 Å². The minimum atomic E-state index is -0.904. The van der Waals surface area contributed by atoms with Gasteiger partial charge >= 0.3 is 0 Å². The number of Topliss-reactive ketones (excluding diaryl/α,β-unsaturated/α-hetero) is 1. The first-order chi connectivity index (χ1) is 10.1. The van der Waals surface area contributed by atoms with E-state index in [-0.39, 0.29) is 16.8 Å². The van der Waals surface area contributed by atoms with E-state index in [1.165, 1.54) is 18.3 Å². The number of allylic oxidation sites excluding steroid dienone is 4. The lowest BCUT2D eigenvalue weighted by atomic mass is 9.90. The number of hydrogen-bond donors (Lipinski definition) is 1. The summed E-state index contributed by atoms with van der Waals surface area (Å²) in [6.07, 6.45) is 7.48. The van der Waals surface area contributed by atoms with Crippen molar-refractivity contribution in [1.29, 1.82) is 0 Å². The van der Waals surface area contributed by atoms with Gasteiger partial charge in [-0.1, -0.05) is 24.3 Å². The predicted octanol–water partition coefficient (Wildman–Crippen LogP) is 2.33. The van der Waals surface area contributed by atoms with Gasteiger partial charge in [-0.2, -0.15) is 0 Å². The molecular formula is C17H13NO3. The summed E-state index contributed by atoms with van der Waals surface area (Å²) in [7, 11) is 0. The molecule has 21 heavy (non-hydrogen) atoms. The molecule has 2 aromatic rings. The van der Waals surface area contributed by atoms with Crippen LogP contribution in [0.25, 0.3) is 10.9 Å². The molecular weight excluding hydrogens is 266 g/mol. The summed E-state index contributed by atoms with van der Waals surface area (Å²) in [5, 5.41) is 0.453. The molecule has 1 aromatic heterocycles. The van der Waals surface area contributed by atoms with E-state index in [1.807, 2.05) is 19.1 Å². The van der Waals surface area contributed by atoms with E-state index in [1.54, 1.807) is 18.2 Å². The highest BCUT2D eigenvalue weighted by molar-refractivity contribution is 6.16. The number of carbonyl (C=O) groups is 2. The van der Waals surface area contributed by atoms with Gasteiger partial charge in [0, 0.05) is 17.1 Å². The van der Waals surface area contributed by atoms with Crippen molar-refractivity contribution in [1.82, 2.24) is 4.98 Å². The normalized spacial score (nSPS) is 17.4. The molecule has 4 nitrogen and oxygen atoms in total. The topological polar surface area (TPSA) is 67.0 Å². The summed E-state index contributed by atoms with van der Waals surface area (Å²) in [6, 6.07) is 5.36. The van der Waals surface area contributed by atoms with Gasteiger partial charge in [0.15, 0.2) is 17.0 Å². The van der Waals surface area contributed by atoms with Gasteiger partial charge in [0.05, 0.1) is 5.56 Å². The molecule has 0 spiro atoms. The van der Waals surface area contributed by atoms with E-state index in [0.717, 1.165) is 5.56 Å². The number of aromatic nitrogens is 1. The predicted molar refractivity (Wildman–Crippen MR) is 80.4 cm³/mol. The van der Waals surface area contributed by atoms with E-state index >= 15 is 0 Å². The van der Waals surface area contributed by atoms with Gasteiger partial charge in [0.1, 0.15) is 5.92 Å². The smallest absolute Gasteiger partial charge is 0.200 e. The van der Waals surface area contributed by atoms with Crippen molar-refractivity contribution in [2.24, 2.45) is 5.92 Å². The highest BCUT2D eigenvalue weighted by Gasteiger charge is 2.26. The van der Waals surface area contributed by atoms with Gasteiger partial charge < -0.3 is 4.98 Å². The largest absolute Gasteiger partial charge is 0.360 e. The SMILES string of the molecule is Cc1ccc2c(=O)c(C(=O)C3C=CC=CC3=O)c[nH]c2c1. The van der Waals surface area contributed by atoms with Gasteiger partial charge in [-0.25, -0.2) is 0 Å². The molecule has 3 rings (SSSR count). The Kier molecular flexibility index (Phi) is 3.14. The van der Waals surface area contributed by atoms with Crippen LogP contribution < -0.4 is 5.43 Å². The molecule has 1 unspecified atom stereocenters. The van der Waals surface area contributed by atoms with Gasteiger partial charge in [-0.15, -0.1) is 0 Å². The van der Waals surface area contributed by atoms with E-state index in [9.17, 15) is 14.4 Å². The highest BCUT2D eigenvalue weighted by atomic mass is 16.2. The van der Waals surface area contributed by atoms with Crippen molar-refractivity contribution in [3.8, 4) is 0 Å². The van der Waals surface area contributed by atoms with Gasteiger partial charge in [-0.05, 0) is 30.7 Å². The molecule has 1 atom stereocenters. The molecule has 0 aliphatic heterocycles. The Morgan fingerprint density at radius 1 is 1.19 bits per heavy atom. The van der Waals surface area contributed by atoms with Crippen molar-refractivity contribution in [3.05, 3.63) is 70.1 Å². The van der Waals surface area contributed by atoms with E-state index < -0.39 is 11.7 Å². The molecule has 0 fully saturated rings. The number of nitrogens with one attached hydrogen (secondary N) is 1. The Balaban J connectivity index is 2.11. The fourth-order valence-corrected chi connectivity index (χ4v) is 2.43. The van der Waals surface area contributed by atoms with Crippen LogP contribution in [-0.2, 0) is 4.79 Å². The number of fused-ring (bicyclic) bond motifs is 1. The van der Waals surface area contributed by atoms with Crippen molar-refractivity contribution in [2.45, 2.75) is 6.92 Å². The minimum absolute atomic E-state index is 0.0182. The molecule has 0 bridgehead atoms. The summed E-state index contributed by atoms with van der Waals surface area (Å²) < 4.78 is 0. The van der Waals surface area contributed by atoms with Gasteiger partial charge in [0.2, 0.25) is 0 Å². The molecule has 0 saturated carbocycles. The van der Waals surface area contributed by atoms with E-state index in [4.69, 9.17) is 0 Å². The number of H-pyrrole nitrogens is 1. The van der Waals surface area contributed by atoms with Crippen LogP contribution in [0.3, 0.4) is 0 Å². The fraction of sp³-hybridized carbons (Fsp3) is 0.118. The monoisotopic (exact) mass is 279 g/mol. The molecule has 4 heteroatoms. The first-order valence-electron chi connectivity index (χ1n) is 6.63. The first-order valence-corrected chi connectivity index (χ1v) is 6.63. The number of carbonyl (C=O) groups excluding carboxylic acids is 2. The highest BCUT2D eigenvalue weighted by Crippen LogP contribution is 2.16. The number of aryl methyl sites for hydroxylation is 1. The molecule has 1 heterocycles. The maximum Gasteiger partial charge on any atom is 0.200 e. The van der Waals surface area contributed by atoms with Crippen molar-refractivity contribution < 1.29 is 9.59 Å². The number of aromatic amines is 1. The molecule has 104 valence electrons. The van der Waals surface area contributed by atoms with Crippen LogP contribution in [0, 0.1) is 12.8 Å². The van der Waals surface area contributed by atoms with Crippen LogP contribution in [0.5, 0.6) is 0 Å². The average Bonchev–Trinajstić information content (AvgIpc) is 2.47. The Hall–Kier alpha value is -2.75. The third-order valence-electron chi connectivity index (χ3n) is 3.57. The van der Waals surface area contributed by atoms with E-state index in [2.05, 4.69) is 4.98 Å². The average molecular weight is 279 g/mol. The van der Waals surface area contributed by atoms with Crippen molar-refractivity contribution in [3.63, 3.8) is 0 Å². The molecule has 1 aliphatic rings. The minimum Gasteiger partial charge on any atom is -0.360 e. The lowest BCUT2D eigenvalue weighted by Gasteiger charge is -2.11. The number of rotatable bonds is 2. The zero-order valence-corrected chi connectivity index (χ0v) is 11.4. The third kappa shape index (κ3) is 2.25. The summed E-state index contributed by atoms with van der Waals surface area (Å²) in [5.41, 5.74) is 1.38. The molecule has 1 aliphatic carbocycles. The fourth-order valence-electron chi connectivity index (χ4n) is 2.43. The van der Waals surface area contributed by atoms with E-state index in [0.29, 0.717) is 10.9 Å². The summed E-state index contributed by atoms with van der Waals surface area (Å²) in [4.78, 5) is 39.6. The second-order valence-corrected chi connectivity index (χ2v) is 5.07. The zero-order valence-electron chi connectivity index (χ0n) is 11.4. The second kappa shape index (κ2) is 4.98. The van der Waals surface area contributed by atoms with Gasteiger partial charge in [-0.3, -0.25) is 14.4 Å². The summed E-state index contributed by atoms with van der Waals surface area (Å²) in [5.74, 6) is -1.67. The standard InChI is InChI=1S/C17H13NO3/c1-10-6-7-11-14(8-10)18-9-13(16(11)20)17(21)12-4-2-3-5-15(12)19/h2-9,12H,1H3,(H,18,20). The maximum absolute atomic E-state index is 12.4. The Labute approximate surface area is 120 Å². The quantitative estimate of drug-likeness (QED) is 0.677. The summed E-state index contributed by atoms with van der Waals surface area (Å²) in [6.45, 7) is 1.93. The number of ketones is 2. The van der Waals surface area contributed by atoms with Crippen LogP contribution >= 0.6 is 0 Å². The molecule has 0 saturated heterocycles.